The van der Waals surface area contributed by atoms with E-state index >= 15 is 0 Å². The summed E-state index contributed by atoms with van der Waals surface area (Å²) in [6, 6.07) is 0. The quantitative estimate of drug-likeness (QED) is 0.513. The van der Waals surface area contributed by atoms with E-state index in [1.165, 1.54) is 11.9 Å². The molecule has 1 rings (SSSR count). The summed E-state index contributed by atoms with van der Waals surface area (Å²) in [6.07, 6.45) is 2.92. The summed E-state index contributed by atoms with van der Waals surface area (Å²) in [5.74, 6) is 0. The SMILES string of the molecule is CCC1(C)C=NSC=N1. The molecule has 0 spiro atoms. The molecule has 0 aromatic heterocycles. The number of nitrogens with zero attached hydrogens (tertiary/aromatic N) is 2. The van der Waals surface area contributed by atoms with E-state index in [0.29, 0.717) is 0 Å². The first-order valence-corrected chi connectivity index (χ1v) is 3.84. The lowest BCUT2D eigenvalue weighted by Crippen LogP contribution is -2.23. The molecule has 0 radical (unpaired) electrons. The van der Waals surface area contributed by atoms with Gasteiger partial charge in [0.15, 0.2) is 0 Å². The van der Waals surface area contributed by atoms with Crippen LogP contribution in [0.2, 0.25) is 0 Å². The highest BCUT2D eigenvalue weighted by Crippen LogP contribution is 2.17. The number of hydrogen-bond donors (Lipinski definition) is 0. The summed E-state index contributed by atoms with van der Waals surface area (Å²) >= 11 is 1.39. The Labute approximate surface area is 59.6 Å². The molecule has 0 aromatic rings. The third-order valence-electron chi connectivity index (χ3n) is 1.50. The van der Waals surface area contributed by atoms with Crippen molar-refractivity contribution in [2.24, 2.45) is 9.39 Å². The van der Waals surface area contributed by atoms with Crippen molar-refractivity contribution in [1.29, 1.82) is 0 Å². The second-order valence-corrected chi connectivity index (χ2v) is 2.92. The van der Waals surface area contributed by atoms with Crippen LogP contribution in [0.15, 0.2) is 9.39 Å². The van der Waals surface area contributed by atoms with E-state index in [9.17, 15) is 0 Å². The first-order valence-electron chi connectivity index (χ1n) is 3.01. The summed E-state index contributed by atoms with van der Waals surface area (Å²) in [4.78, 5) is 4.27. The van der Waals surface area contributed by atoms with E-state index in [1.807, 2.05) is 6.21 Å². The molecular formula is C6H10N2S. The molecule has 50 valence electrons. The van der Waals surface area contributed by atoms with Crippen LogP contribution in [0.3, 0.4) is 0 Å². The van der Waals surface area contributed by atoms with Crippen molar-refractivity contribution < 1.29 is 0 Å². The smallest absolute Gasteiger partial charge is 0.0940 e. The fourth-order valence-electron chi connectivity index (χ4n) is 0.531. The first-order chi connectivity index (χ1) is 4.27. The van der Waals surface area contributed by atoms with Crippen LogP contribution in [0, 0.1) is 0 Å². The zero-order chi connectivity index (χ0) is 6.74. The zero-order valence-corrected chi connectivity index (χ0v) is 6.48. The van der Waals surface area contributed by atoms with Crippen molar-refractivity contribution in [3.8, 4) is 0 Å². The van der Waals surface area contributed by atoms with Gasteiger partial charge in [-0.2, -0.15) is 0 Å². The minimum atomic E-state index is -0.0226. The normalized spacial score (nSPS) is 33.1. The van der Waals surface area contributed by atoms with Crippen molar-refractivity contribution in [3.05, 3.63) is 0 Å². The van der Waals surface area contributed by atoms with E-state index in [1.54, 1.807) is 5.55 Å². The molecule has 1 heterocycles. The number of hydrogen-bond acceptors (Lipinski definition) is 3. The standard InChI is InChI=1S/C6H10N2S/c1-3-6(2)4-8-9-5-7-6/h4-5H,3H2,1-2H3. The fraction of sp³-hybridized carbons (Fsp3) is 0.667. The zero-order valence-electron chi connectivity index (χ0n) is 5.66. The molecule has 0 N–H and O–H groups in total. The third-order valence-corrected chi connectivity index (χ3v) is 1.93. The number of rotatable bonds is 1. The molecule has 3 heteroatoms. The molecule has 0 amide bonds. The van der Waals surface area contributed by atoms with Crippen molar-refractivity contribution in [1.82, 2.24) is 0 Å². The summed E-state index contributed by atoms with van der Waals surface area (Å²) in [5, 5.41) is 0. The van der Waals surface area contributed by atoms with Gasteiger partial charge >= 0.3 is 0 Å². The van der Waals surface area contributed by atoms with E-state index in [-0.39, 0.29) is 5.54 Å². The molecule has 1 atom stereocenters. The van der Waals surface area contributed by atoms with Gasteiger partial charge in [0.25, 0.3) is 0 Å². The highest BCUT2D eigenvalue weighted by atomic mass is 32.2. The second-order valence-electron chi connectivity index (χ2n) is 2.29. The van der Waals surface area contributed by atoms with E-state index in [0.717, 1.165) is 6.42 Å². The lowest BCUT2D eigenvalue weighted by molar-refractivity contribution is 0.621. The minimum Gasteiger partial charge on any atom is -0.272 e. The lowest BCUT2D eigenvalue weighted by Gasteiger charge is -2.18. The molecule has 0 aliphatic carbocycles. The van der Waals surface area contributed by atoms with Crippen LogP contribution in [0.1, 0.15) is 20.3 Å². The molecular weight excluding hydrogens is 132 g/mol. The Bertz CT molecular complexity index is 139. The van der Waals surface area contributed by atoms with Crippen molar-refractivity contribution >= 4 is 23.7 Å². The highest BCUT2D eigenvalue weighted by Gasteiger charge is 2.18. The third kappa shape index (κ3) is 1.55. The van der Waals surface area contributed by atoms with E-state index in [4.69, 9.17) is 0 Å². The Morgan fingerprint density at radius 3 is 2.78 bits per heavy atom. The van der Waals surface area contributed by atoms with E-state index in [2.05, 4.69) is 23.2 Å². The van der Waals surface area contributed by atoms with Gasteiger partial charge in [-0.05, 0) is 13.3 Å². The number of aliphatic imine (C=N–C) groups is 1. The van der Waals surface area contributed by atoms with Crippen LogP contribution in [0.5, 0.6) is 0 Å². The molecule has 0 saturated heterocycles. The Kier molecular flexibility index (Phi) is 1.90. The average molecular weight is 142 g/mol. The molecule has 9 heavy (non-hydrogen) atoms. The summed E-state index contributed by atoms with van der Waals surface area (Å²) in [6.45, 7) is 4.19. The second kappa shape index (κ2) is 2.52. The molecule has 0 saturated carbocycles. The predicted molar refractivity (Wildman–Crippen MR) is 43.3 cm³/mol. The molecule has 1 aliphatic rings. The average Bonchev–Trinajstić information content (AvgIpc) is 1.90. The van der Waals surface area contributed by atoms with Crippen LogP contribution in [-0.2, 0) is 0 Å². The maximum absolute atomic E-state index is 4.27. The van der Waals surface area contributed by atoms with Gasteiger partial charge in [0, 0.05) is 18.2 Å². The van der Waals surface area contributed by atoms with Crippen LogP contribution >= 0.6 is 11.9 Å². The van der Waals surface area contributed by atoms with Gasteiger partial charge in [0.1, 0.15) is 0 Å². The van der Waals surface area contributed by atoms with Gasteiger partial charge in [-0.25, -0.2) is 4.40 Å². The molecule has 0 aromatic carbocycles. The Morgan fingerprint density at radius 1 is 1.67 bits per heavy atom. The van der Waals surface area contributed by atoms with Crippen LogP contribution in [0.25, 0.3) is 0 Å². The Hall–Kier alpha value is -0.310. The van der Waals surface area contributed by atoms with Crippen molar-refractivity contribution in [2.45, 2.75) is 25.8 Å². The Morgan fingerprint density at radius 2 is 2.44 bits per heavy atom. The van der Waals surface area contributed by atoms with Crippen LogP contribution in [0.4, 0.5) is 0 Å². The van der Waals surface area contributed by atoms with Gasteiger partial charge < -0.3 is 0 Å². The molecule has 0 fully saturated rings. The largest absolute Gasteiger partial charge is 0.272 e. The molecule has 1 unspecified atom stereocenters. The molecule has 1 aliphatic heterocycles. The molecule has 0 bridgehead atoms. The predicted octanol–water partition coefficient (Wildman–Crippen LogP) is 1.92. The van der Waals surface area contributed by atoms with E-state index < -0.39 is 0 Å². The Balaban J connectivity index is 2.67. The van der Waals surface area contributed by atoms with Crippen molar-refractivity contribution in [2.75, 3.05) is 0 Å². The highest BCUT2D eigenvalue weighted by molar-refractivity contribution is 8.11. The topological polar surface area (TPSA) is 24.7 Å². The lowest BCUT2D eigenvalue weighted by atomic mass is 10.0. The fourth-order valence-corrected chi connectivity index (χ4v) is 1.16. The summed E-state index contributed by atoms with van der Waals surface area (Å²) in [5.41, 5.74) is 1.77. The summed E-state index contributed by atoms with van der Waals surface area (Å²) in [7, 11) is 0. The first kappa shape index (κ1) is 6.81. The van der Waals surface area contributed by atoms with Gasteiger partial charge in [-0.1, -0.05) is 6.92 Å². The van der Waals surface area contributed by atoms with Gasteiger partial charge in [0.05, 0.1) is 11.1 Å². The molecule has 2 nitrogen and oxygen atoms in total. The van der Waals surface area contributed by atoms with Crippen LogP contribution in [-0.4, -0.2) is 17.3 Å². The van der Waals surface area contributed by atoms with Gasteiger partial charge in [0.2, 0.25) is 0 Å². The monoisotopic (exact) mass is 142 g/mol. The maximum Gasteiger partial charge on any atom is 0.0940 e. The van der Waals surface area contributed by atoms with Crippen LogP contribution < -0.4 is 0 Å². The van der Waals surface area contributed by atoms with Gasteiger partial charge in [-0.15, -0.1) is 0 Å². The summed E-state index contributed by atoms with van der Waals surface area (Å²) < 4.78 is 4.04. The minimum absolute atomic E-state index is 0.0226. The van der Waals surface area contributed by atoms with Gasteiger partial charge in [-0.3, -0.25) is 4.99 Å². The van der Waals surface area contributed by atoms with Crippen molar-refractivity contribution in [3.63, 3.8) is 0 Å². The maximum atomic E-state index is 4.27.